The summed E-state index contributed by atoms with van der Waals surface area (Å²) < 4.78 is 67.1. The Labute approximate surface area is 195 Å². The van der Waals surface area contributed by atoms with Crippen LogP contribution in [0.15, 0.2) is 33.0 Å². The smallest absolute Gasteiger partial charge is 0.277 e. The van der Waals surface area contributed by atoms with E-state index in [1.165, 1.54) is 6.07 Å². The van der Waals surface area contributed by atoms with Gasteiger partial charge in [-0.1, -0.05) is 23.0 Å². The molecule has 0 aliphatic carbocycles. The van der Waals surface area contributed by atoms with Gasteiger partial charge in [0.2, 0.25) is 0 Å². The van der Waals surface area contributed by atoms with Gasteiger partial charge in [-0.2, -0.15) is 12.7 Å². The van der Waals surface area contributed by atoms with Gasteiger partial charge in [-0.05, 0) is 28.0 Å². The van der Waals surface area contributed by atoms with Crippen LogP contribution in [0.25, 0.3) is 0 Å². The van der Waals surface area contributed by atoms with Gasteiger partial charge in [-0.25, -0.2) is 22.9 Å². The average Bonchev–Trinajstić information content (AvgIpc) is 3.21. The molecule has 1 aromatic carbocycles. The lowest BCUT2D eigenvalue weighted by atomic mass is 9.96. The number of β-amino-alcohol motifs (C(OH)–C–C–N with tert-alkyl or cyclic N) is 1. The average molecular weight is 525 g/mol. The van der Waals surface area contributed by atoms with Crippen molar-refractivity contribution in [3.8, 4) is 0 Å². The quantitative estimate of drug-likeness (QED) is 0.109. The van der Waals surface area contributed by atoms with Crippen LogP contribution in [0.2, 0.25) is 0 Å². The number of aromatic nitrogens is 2. The minimum Gasteiger partial charge on any atom is -0.411 e. The molecule has 0 saturated carbocycles. The fourth-order valence-corrected chi connectivity index (χ4v) is 4.58. The number of nitrogens with zero attached hydrogens (tertiary/aromatic N) is 4. The second-order valence-corrected chi connectivity index (χ2v) is 9.88. The zero-order valence-corrected chi connectivity index (χ0v) is 18.8. The summed E-state index contributed by atoms with van der Waals surface area (Å²) in [6.07, 6.45) is -3.20. The summed E-state index contributed by atoms with van der Waals surface area (Å²) in [5.74, 6) is -1.64. The first-order chi connectivity index (χ1) is 15.9. The van der Waals surface area contributed by atoms with E-state index >= 15 is 0 Å². The summed E-state index contributed by atoms with van der Waals surface area (Å²) in [6.45, 7) is -0.890. The Kier molecular flexibility index (Phi) is 7.81. The number of nitrogens with one attached hydrogen (secondary N) is 1. The summed E-state index contributed by atoms with van der Waals surface area (Å²) in [4.78, 5) is 12.1. The number of nitrogens with two attached hydrogens (primary N) is 1. The van der Waals surface area contributed by atoms with E-state index in [1.54, 1.807) is 0 Å². The lowest BCUT2D eigenvalue weighted by Crippen LogP contribution is -2.70. The van der Waals surface area contributed by atoms with Gasteiger partial charge in [-0.3, -0.25) is 4.79 Å². The van der Waals surface area contributed by atoms with Crippen molar-refractivity contribution >= 4 is 33.6 Å². The zero-order chi connectivity index (χ0) is 25.1. The van der Waals surface area contributed by atoms with Crippen LogP contribution in [0.4, 0.5) is 13.2 Å². The molecular formula is C17H19F3N6O6S2. The van der Waals surface area contributed by atoms with Gasteiger partial charge in [0.15, 0.2) is 16.3 Å². The van der Waals surface area contributed by atoms with Crippen LogP contribution in [0.3, 0.4) is 0 Å². The fraction of sp³-hybridized carbons (Fsp3) is 0.412. The number of hydrogen-bond acceptors (Lipinski definition) is 10. The van der Waals surface area contributed by atoms with E-state index in [-0.39, 0.29) is 40.7 Å². The van der Waals surface area contributed by atoms with Crippen LogP contribution in [0.5, 0.6) is 0 Å². The van der Waals surface area contributed by atoms with Crippen LogP contribution in [0, 0.1) is 5.82 Å². The summed E-state index contributed by atoms with van der Waals surface area (Å²) in [5.41, 5.74) is -2.51. The number of carbonyl (C=O) groups is 1. The SMILES string of the molecule is NS(=O)(=O)N1CC(O)(C(=O)NCCSc2nonc2C(Cc2ccc(F)c(C(F)F)c2)=NO)C1. The van der Waals surface area contributed by atoms with Crippen molar-refractivity contribution in [1.29, 1.82) is 0 Å². The first-order valence-corrected chi connectivity index (χ1v) is 11.9. The first-order valence-electron chi connectivity index (χ1n) is 9.46. The Morgan fingerprint density at radius 1 is 1.38 bits per heavy atom. The number of amides is 1. The van der Waals surface area contributed by atoms with Crippen LogP contribution < -0.4 is 10.5 Å². The van der Waals surface area contributed by atoms with E-state index in [4.69, 9.17) is 5.14 Å². The molecule has 3 rings (SSSR count). The second kappa shape index (κ2) is 10.3. The number of oxime groups is 1. The maximum absolute atomic E-state index is 13.5. The molecule has 0 atom stereocenters. The predicted octanol–water partition coefficient (Wildman–Crippen LogP) is 0.0258. The molecular weight excluding hydrogens is 505 g/mol. The fourth-order valence-electron chi connectivity index (χ4n) is 3.02. The van der Waals surface area contributed by atoms with Gasteiger partial charge in [0, 0.05) is 18.7 Å². The Morgan fingerprint density at radius 2 is 2.09 bits per heavy atom. The lowest BCUT2D eigenvalue weighted by Gasteiger charge is -2.42. The Hall–Kier alpha value is -2.73. The molecule has 1 aromatic heterocycles. The molecule has 0 unspecified atom stereocenters. The highest BCUT2D eigenvalue weighted by Gasteiger charge is 2.51. The number of alkyl halides is 2. The number of aliphatic hydroxyl groups is 1. The van der Waals surface area contributed by atoms with Crippen molar-refractivity contribution in [2.24, 2.45) is 10.3 Å². The third-order valence-corrected chi connectivity index (χ3v) is 6.73. The van der Waals surface area contributed by atoms with E-state index in [1.807, 2.05) is 0 Å². The molecule has 2 aromatic rings. The first kappa shape index (κ1) is 25.9. The topological polar surface area (TPSA) is 184 Å². The van der Waals surface area contributed by atoms with Gasteiger partial charge in [0.05, 0.1) is 18.7 Å². The number of halogens is 3. The van der Waals surface area contributed by atoms with E-state index in [0.29, 0.717) is 0 Å². The monoisotopic (exact) mass is 524 g/mol. The van der Waals surface area contributed by atoms with Gasteiger partial charge in [-0.15, -0.1) is 0 Å². The van der Waals surface area contributed by atoms with Crippen molar-refractivity contribution in [3.05, 3.63) is 40.8 Å². The van der Waals surface area contributed by atoms with Crippen LogP contribution in [-0.4, -0.2) is 76.0 Å². The molecule has 5 N–H and O–H groups in total. The van der Waals surface area contributed by atoms with E-state index in [0.717, 1.165) is 28.2 Å². The Morgan fingerprint density at radius 3 is 2.71 bits per heavy atom. The lowest BCUT2D eigenvalue weighted by molar-refractivity contribution is -0.151. The molecule has 1 fully saturated rings. The van der Waals surface area contributed by atoms with E-state index in [9.17, 15) is 36.7 Å². The number of benzene rings is 1. The number of hydrogen-bond donors (Lipinski definition) is 4. The standard InChI is InChI=1S/C17H19F3N6O6S2/c18-11-2-1-9(5-10(11)14(19)20)6-12(23-29)13-15(25-32-24-13)33-4-3-22-16(27)17(28)7-26(8-17)34(21,30)31/h1-2,5,14,28-29H,3-4,6-8H2,(H,22,27)(H2,21,30,31). The Balaban J connectivity index is 1.55. The van der Waals surface area contributed by atoms with Crippen molar-refractivity contribution in [2.45, 2.75) is 23.5 Å². The summed E-state index contributed by atoms with van der Waals surface area (Å²) in [7, 11) is -4.00. The molecule has 34 heavy (non-hydrogen) atoms. The molecule has 12 nitrogen and oxygen atoms in total. The number of rotatable bonds is 10. The van der Waals surface area contributed by atoms with Crippen LogP contribution in [-0.2, 0) is 21.4 Å². The minimum absolute atomic E-state index is 0.0168. The van der Waals surface area contributed by atoms with Crippen molar-refractivity contribution < 1.29 is 41.3 Å². The van der Waals surface area contributed by atoms with E-state index < -0.39 is 52.6 Å². The Bertz CT molecular complexity index is 1190. The number of carbonyl (C=O) groups excluding carboxylic acids is 1. The van der Waals surface area contributed by atoms with Gasteiger partial charge >= 0.3 is 0 Å². The van der Waals surface area contributed by atoms with Crippen LogP contribution in [0.1, 0.15) is 23.2 Å². The predicted molar refractivity (Wildman–Crippen MR) is 111 cm³/mol. The molecule has 2 heterocycles. The summed E-state index contributed by atoms with van der Waals surface area (Å²) in [5, 5.41) is 37.5. The molecule has 0 radical (unpaired) electrons. The maximum atomic E-state index is 13.5. The molecule has 1 saturated heterocycles. The highest BCUT2D eigenvalue weighted by molar-refractivity contribution is 7.99. The zero-order valence-electron chi connectivity index (χ0n) is 17.2. The molecule has 17 heteroatoms. The summed E-state index contributed by atoms with van der Waals surface area (Å²) in [6, 6.07) is 3.08. The van der Waals surface area contributed by atoms with Crippen molar-refractivity contribution in [1.82, 2.24) is 19.9 Å². The number of thioether (sulfide) groups is 1. The maximum Gasteiger partial charge on any atom is 0.277 e. The molecule has 0 bridgehead atoms. The molecule has 0 spiro atoms. The summed E-state index contributed by atoms with van der Waals surface area (Å²) >= 11 is 1.04. The van der Waals surface area contributed by atoms with Gasteiger partial charge in [0.25, 0.3) is 22.5 Å². The highest BCUT2D eigenvalue weighted by atomic mass is 32.2. The largest absolute Gasteiger partial charge is 0.411 e. The van der Waals surface area contributed by atoms with E-state index in [2.05, 4.69) is 25.4 Å². The van der Waals surface area contributed by atoms with Gasteiger partial charge < -0.3 is 15.6 Å². The molecule has 1 aliphatic heterocycles. The third-order valence-electron chi connectivity index (χ3n) is 4.80. The minimum atomic E-state index is -4.00. The normalized spacial score (nSPS) is 16.5. The second-order valence-electron chi connectivity index (χ2n) is 7.25. The van der Waals surface area contributed by atoms with Gasteiger partial charge in [0.1, 0.15) is 11.5 Å². The highest BCUT2D eigenvalue weighted by Crippen LogP contribution is 2.26. The van der Waals surface area contributed by atoms with Crippen molar-refractivity contribution in [3.63, 3.8) is 0 Å². The molecule has 1 aliphatic rings. The molecule has 186 valence electrons. The third kappa shape index (κ3) is 5.84. The molecule has 1 amide bonds. The van der Waals surface area contributed by atoms with Crippen molar-refractivity contribution in [2.75, 3.05) is 25.4 Å². The van der Waals surface area contributed by atoms with Crippen LogP contribution >= 0.6 is 11.8 Å².